The van der Waals surface area contributed by atoms with Crippen molar-refractivity contribution in [3.05, 3.63) is 50.1 Å². The SMILES string of the molecule is O=S(=O)(Nc1ccnc(Cl)c1)c1c(Cl)cc(Br)cc1Cl. The highest BCUT2D eigenvalue weighted by Gasteiger charge is 2.22. The normalized spacial score (nSPS) is 11.4. The zero-order valence-corrected chi connectivity index (χ0v) is 14.2. The first-order valence-electron chi connectivity index (χ1n) is 5.08. The number of benzene rings is 1. The second-order valence-corrected chi connectivity index (χ2v) is 7.41. The van der Waals surface area contributed by atoms with E-state index in [0.29, 0.717) is 4.47 Å². The zero-order valence-electron chi connectivity index (χ0n) is 9.57. The lowest BCUT2D eigenvalue weighted by Gasteiger charge is -2.11. The Morgan fingerprint density at radius 1 is 1.10 bits per heavy atom. The Morgan fingerprint density at radius 3 is 2.25 bits per heavy atom. The van der Waals surface area contributed by atoms with Crippen LogP contribution in [0.2, 0.25) is 15.2 Å². The molecule has 106 valence electrons. The van der Waals surface area contributed by atoms with Crippen molar-refractivity contribution < 1.29 is 8.42 Å². The number of sulfonamides is 1. The first kappa shape index (κ1) is 15.9. The number of rotatable bonds is 3. The third kappa shape index (κ3) is 3.56. The molecule has 20 heavy (non-hydrogen) atoms. The van der Waals surface area contributed by atoms with E-state index in [1.807, 2.05) is 0 Å². The van der Waals surface area contributed by atoms with Gasteiger partial charge in [0.2, 0.25) is 0 Å². The van der Waals surface area contributed by atoms with Crippen LogP contribution in [0.1, 0.15) is 0 Å². The van der Waals surface area contributed by atoms with Crippen molar-refractivity contribution in [2.75, 3.05) is 4.72 Å². The minimum absolute atomic E-state index is 0.0111. The van der Waals surface area contributed by atoms with Crippen LogP contribution in [0.4, 0.5) is 5.69 Å². The first-order chi connectivity index (χ1) is 9.29. The second kappa shape index (κ2) is 6.07. The first-order valence-corrected chi connectivity index (χ1v) is 8.49. The fraction of sp³-hybridized carbons (Fsp3) is 0. The number of pyridine rings is 1. The summed E-state index contributed by atoms with van der Waals surface area (Å²) >= 11 is 20.8. The Kier molecular flexibility index (Phi) is 4.81. The summed E-state index contributed by atoms with van der Waals surface area (Å²) in [5.41, 5.74) is 0.264. The van der Waals surface area contributed by atoms with Crippen molar-refractivity contribution in [1.82, 2.24) is 4.98 Å². The van der Waals surface area contributed by atoms with Crippen LogP contribution in [-0.2, 0) is 10.0 Å². The zero-order chi connectivity index (χ0) is 14.9. The predicted molar refractivity (Wildman–Crippen MR) is 84.2 cm³/mol. The molecule has 4 nitrogen and oxygen atoms in total. The van der Waals surface area contributed by atoms with Gasteiger partial charge in [0.1, 0.15) is 10.0 Å². The third-order valence-electron chi connectivity index (χ3n) is 2.21. The predicted octanol–water partition coefficient (Wildman–Crippen LogP) is 4.61. The minimum Gasteiger partial charge on any atom is -0.279 e. The maximum absolute atomic E-state index is 12.3. The third-order valence-corrected chi connectivity index (χ3v) is 5.18. The lowest BCUT2D eigenvalue weighted by Crippen LogP contribution is -2.14. The molecular weight excluding hydrogens is 410 g/mol. The van der Waals surface area contributed by atoms with Crippen LogP contribution >= 0.6 is 50.7 Å². The molecule has 0 fully saturated rings. The van der Waals surface area contributed by atoms with Gasteiger partial charge in [0.05, 0.1) is 15.7 Å². The Bertz CT molecular complexity index is 745. The number of hydrogen-bond donors (Lipinski definition) is 1. The molecule has 1 N–H and O–H groups in total. The van der Waals surface area contributed by atoms with E-state index in [2.05, 4.69) is 25.6 Å². The summed E-state index contributed by atoms with van der Waals surface area (Å²) in [5.74, 6) is 0. The maximum Gasteiger partial charge on any atom is 0.264 e. The van der Waals surface area contributed by atoms with E-state index in [9.17, 15) is 8.42 Å². The van der Waals surface area contributed by atoms with Gasteiger partial charge in [-0.15, -0.1) is 0 Å². The van der Waals surface area contributed by atoms with Gasteiger partial charge in [0.15, 0.2) is 0 Å². The van der Waals surface area contributed by atoms with E-state index in [1.165, 1.54) is 30.5 Å². The van der Waals surface area contributed by atoms with Gasteiger partial charge in [-0.1, -0.05) is 50.7 Å². The summed E-state index contributed by atoms with van der Waals surface area (Å²) in [5, 5.41) is 0.187. The van der Waals surface area contributed by atoms with Crippen LogP contribution < -0.4 is 4.72 Å². The van der Waals surface area contributed by atoms with Crippen LogP contribution in [0.15, 0.2) is 39.8 Å². The van der Waals surface area contributed by atoms with Gasteiger partial charge < -0.3 is 0 Å². The lowest BCUT2D eigenvalue weighted by atomic mass is 10.4. The van der Waals surface area contributed by atoms with E-state index >= 15 is 0 Å². The Morgan fingerprint density at radius 2 is 1.70 bits per heavy atom. The van der Waals surface area contributed by atoms with Crippen molar-refractivity contribution in [2.24, 2.45) is 0 Å². The smallest absolute Gasteiger partial charge is 0.264 e. The Labute approximate surface area is 139 Å². The average molecular weight is 417 g/mol. The molecule has 0 unspecified atom stereocenters. The Hall–Kier alpha value is -0.530. The second-order valence-electron chi connectivity index (χ2n) is 3.67. The maximum atomic E-state index is 12.3. The van der Waals surface area contributed by atoms with Crippen molar-refractivity contribution in [2.45, 2.75) is 4.90 Å². The molecule has 1 heterocycles. The molecule has 2 rings (SSSR count). The van der Waals surface area contributed by atoms with E-state index in [-0.39, 0.29) is 25.8 Å². The fourth-order valence-corrected chi connectivity index (χ4v) is 4.62. The quantitative estimate of drug-likeness (QED) is 0.744. The van der Waals surface area contributed by atoms with Gasteiger partial charge in [-0.2, -0.15) is 0 Å². The van der Waals surface area contributed by atoms with Gasteiger partial charge in [-0.25, -0.2) is 13.4 Å². The van der Waals surface area contributed by atoms with E-state index < -0.39 is 10.0 Å². The van der Waals surface area contributed by atoms with Gasteiger partial charge in [-0.05, 0) is 24.3 Å². The molecule has 0 saturated heterocycles. The van der Waals surface area contributed by atoms with Crippen LogP contribution in [0.25, 0.3) is 0 Å². The minimum atomic E-state index is -3.93. The number of halogens is 4. The standard InChI is InChI=1S/C11H6BrCl3N2O2S/c12-6-3-8(13)11(9(14)4-6)20(18,19)17-7-1-2-16-10(15)5-7/h1-5H,(H,16,17). The molecule has 1 aromatic carbocycles. The molecule has 0 spiro atoms. The van der Waals surface area contributed by atoms with Crippen LogP contribution in [0, 0.1) is 0 Å². The summed E-state index contributed by atoms with van der Waals surface area (Å²) in [6.07, 6.45) is 1.38. The molecule has 0 amide bonds. The number of aromatic nitrogens is 1. The number of hydrogen-bond acceptors (Lipinski definition) is 3. The van der Waals surface area contributed by atoms with Crippen molar-refractivity contribution in [3.8, 4) is 0 Å². The summed E-state index contributed by atoms with van der Waals surface area (Å²) in [4.78, 5) is 3.56. The van der Waals surface area contributed by atoms with E-state index in [4.69, 9.17) is 34.8 Å². The molecule has 1 aromatic heterocycles. The molecule has 0 saturated carbocycles. The van der Waals surface area contributed by atoms with Crippen molar-refractivity contribution in [3.63, 3.8) is 0 Å². The topological polar surface area (TPSA) is 59.1 Å². The molecule has 0 aliphatic rings. The molecule has 0 aliphatic carbocycles. The molecule has 0 atom stereocenters. The molecule has 0 bridgehead atoms. The van der Waals surface area contributed by atoms with Gasteiger partial charge >= 0.3 is 0 Å². The molecular formula is C11H6BrCl3N2O2S. The highest BCUT2D eigenvalue weighted by Crippen LogP contribution is 2.33. The molecule has 0 aliphatic heterocycles. The molecule has 0 radical (unpaired) electrons. The monoisotopic (exact) mass is 414 g/mol. The fourth-order valence-electron chi connectivity index (χ4n) is 1.46. The van der Waals surface area contributed by atoms with Crippen LogP contribution in [0.3, 0.4) is 0 Å². The number of nitrogens with zero attached hydrogens (tertiary/aromatic N) is 1. The Balaban J connectivity index is 2.46. The number of anilines is 1. The summed E-state index contributed by atoms with van der Waals surface area (Å²) < 4.78 is 27.5. The number of nitrogens with one attached hydrogen (secondary N) is 1. The van der Waals surface area contributed by atoms with Crippen LogP contribution in [0.5, 0.6) is 0 Å². The lowest BCUT2D eigenvalue weighted by molar-refractivity contribution is 0.601. The summed E-state index contributed by atoms with van der Waals surface area (Å²) in [6, 6.07) is 5.73. The average Bonchev–Trinajstić information content (AvgIpc) is 2.25. The summed E-state index contributed by atoms with van der Waals surface area (Å²) in [7, 11) is -3.93. The van der Waals surface area contributed by atoms with Crippen molar-refractivity contribution in [1.29, 1.82) is 0 Å². The van der Waals surface area contributed by atoms with Crippen LogP contribution in [-0.4, -0.2) is 13.4 Å². The highest BCUT2D eigenvalue weighted by molar-refractivity contribution is 9.10. The largest absolute Gasteiger partial charge is 0.279 e. The van der Waals surface area contributed by atoms with Gasteiger partial charge in [0, 0.05) is 10.7 Å². The van der Waals surface area contributed by atoms with Crippen molar-refractivity contribution >= 4 is 66.4 Å². The van der Waals surface area contributed by atoms with E-state index in [0.717, 1.165) is 0 Å². The highest BCUT2D eigenvalue weighted by atomic mass is 79.9. The molecule has 2 aromatic rings. The van der Waals surface area contributed by atoms with Gasteiger partial charge in [0.25, 0.3) is 10.0 Å². The van der Waals surface area contributed by atoms with Gasteiger partial charge in [-0.3, -0.25) is 4.72 Å². The molecule has 9 heteroatoms. The summed E-state index contributed by atoms with van der Waals surface area (Å²) in [6.45, 7) is 0. The van der Waals surface area contributed by atoms with E-state index in [1.54, 1.807) is 0 Å².